The summed E-state index contributed by atoms with van der Waals surface area (Å²) in [5.74, 6) is 0. The molecule has 0 aromatic carbocycles. The van der Waals surface area contributed by atoms with Gasteiger partial charge in [0.25, 0.3) is 0 Å². The van der Waals surface area contributed by atoms with Gasteiger partial charge < -0.3 is 5.32 Å². The molecule has 3 heterocycles. The zero-order chi connectivity index (χ0) is 13.9. The van der Waals surface area contributed by atoms with Crippen molar-refractivity contribution in [2.75, 3.05) is 6.54 Å². The van der Waals surface area contributed by atoms with Crippen LogP contribution in [0.15, 0.2) is 29.9 Å². The monoisotopic (exact) mass is 305 g/mol. The highest BCUT2D eigenvalue weighted by Crippen LogP contribution is 2.34. The molecule has 0 spiro atoms. The summed E-state index contributed by atoms with van der Waals surface area (Å²) in [4.78, 5) is 1.43. The minimum Gasteiger partial charge on any atom is -0.309 e. The fourth-order valence-electron chi connectivity index (χ4n) is 2.40. The molecule has 0 bridgehead atoms. The molecule has 0 aliphatic carbocycles. The predicted molar refractivity (Wildman–Crippen MR) is 87.7 cm³/mol. The minimum atomic E-state index is 0.388. The SMILES string of the molecule is CCNC(Cc1cnn(CC)c1)c1cc2sccc2s1. The molecule has 0 amide bonds. The van der Waals surface area contributed by atoms with E-state index in [9.17, 15) is 0 Å². The van der Waals surface area contributed by atoms with Crippen LogP contribution in [-0.2, 0) is 13.0 Å². The van der Waals surface area contributed by atoms with Crippen molar-refractivity contribution in [1.82, 2.24) is 15.1 Å². The molecule has 3 aromatic heterocycles. The number of nitrogens with zero attached hydrogens (tertiary/aromatic N) is 2. The van der Waals surface area contributed by atoms with Crippen LogP contribution < -0.4 is 5.32 Å². The molecule has 3 nitrogen and oxygen atoms in total. The van der Waals surface area contributed by atoms with Crippen LogP contribution in [0, 0.1) is 0 Å². The van der Waals surface area contributed by atoms with Crippen molar-refractivity contribution >= 4 is 32.1 Å². The number of aryl methyl sites for hydroxylation is 1. The Balaban J connectivity index is 1.82. The molecule has 3 aromatic rings. The third-order valence-corrected chi connectivity index (χ3v) is 5.61. The van der Waals surface area contributed by atoms with Crippen molar-refractivity contribution in [3.63, 3.8) is 0 Å². The third kappa shape index (κ3) is 2.80. The fraction of sp³-hybridized carbons (Fsp3) is 0.400. The first kappa shape index (κ1) is 13.8. The van der Waals surface area contributed by atoms with Gasteiger partial charge in [-0.25, -0.2) is 0 Å². The summed E-state index contributed by atoms with van der Waals surface area (Å²) >= 11 is 3.73. The minimum absolute atomic E-state index is 0.388. The molecule has 0 saturated carbocycles. The number of fused-ring (bicyclic) bond motifs is 1. The topological polar surface area (TPSA) is 29.9 Å². The number of nitrogens with one attached hydrogen (secondary N) is 1. The summed E-state index contributed by atoms with van der Waals surface area (Å²) in [5.41, 5.74) is 1.30. The normalized spacial score (nSPS) is 13.1. The van der Waals surface area contributed by atoms with E-state index in [-0.39, 0.29) is 0 Å². The van der Waals surface area contributed by atoms with Crippen LogP contribution in [0.2, 0.25) is 0 Å². The second kappa shape index (κ2) is 6.08. The Hall–Kier alpha value is -1.17. The van der Waals surface area contributed by atoms with E-state index in [0.29, 0.717) is 6.04 Å². The Labute approximate surface area is 127 Å². The summed E-state index contributed by atoms with van der Waals surface area (Å²) in [6.07, 6.45) is 5.14. The van der Waals surface area contributed by atoms with Crippen LogP contribution in [0.1, 0.15) is 30.3 Å². The molecule has 1 N–H and O–H groups in total. The molecular formula is C15H19N3S2. The molecule has 0 aliphatic rings. The highest BCUT2D eigenvalue weighted by Gasteiger charge is 2.15. The zero-order valence-corrected chi connectivity index (χ0v) is 13.4. The average molecular weight is 305 g/mol. The first-order valence-electron chi connectivity index (χ1n) is 7.01. The van der Waals surface area contributed by atoms with Crippen LogP contribution in [-0.4, -0.2) is 16.3 Å². The molecular weight excluding hydrogens is 286 g/mol. The van der Waals surface area contributed by atoms with Gasteiger partial charge in [-0.2, -0.15) is 5.10 Å². The second-order valence-electron chi connectivity index (χ2n) is 4.82. The maximum atomic E-state index is 4.37. The van der Waals surface area contributed by atoms with Crippen LogP contribution in [0.4, 0.5) is 0 Å². The quantitative estimate of drug-likeness (QED) is 0.744. The van der Waals surface area contributed by atoms with Gasteiger partial charge in [0.2, 0.25) is 0 Å². The lowest BCUT2D eigenvalue weighted by atomic mass is 10.1. The maximum absolute atomic E-state index is 4.37. The second-order valence-corrected chi connectivity index (χ2v) is 6.88. The van der Waals surface area contributed by atoms with Crippen LogP contribution in [0.25, 0.3) is 9.40 Å². The van der Waals surface area contributed by atoms with Gasteiger partial charge in [-0.15, -0.1) is 22.7 Å². The number of thiophene rings is 2. The zero-order valence-electron chi connectivity index (χ0n) is 11.8. The molecule has 20 heavy (non-hydrogen) atoms. The Morgan fingerprint density at radius 3 is 2.95 bits per heavy atom. The van der Waals surface area contributed by atoms with E-state index in [2.05, 4.69) is 48.0 Å². The number of hydrogen-bond acceptors (Lipinski definition) is 4. The van der Waals surface area contributed by atoms with Gasteiger partial charge in [0.1, 0.15) is 0 Å². The standard InChI is InChI=1S/C15H19N3S2/c1-3-16-12(7-11-9-17-18(4-2)10-11)14-8-15-13(20-14)5-6-19-15/h5-6,8-10,12,16H,3-4,7H2,1-2H3. The van der Waals surface area contributed by atoms with E-state index < -0.39 is 0 Å². The number of likely N-dealkylation sites (N-methyl/N-ethyl adjacent to an activating group) is 1. The van der Waals surface area contributed by atoms with E-state index in [0.717, 1.165) is 19.5 Å². The number of rotatable bonds is 6. The number of hydrogen-bond donors (Lipinski definition) is 1. The Morgan fingerprint density at radius 1 is 1.35 bits per heavy atom. The first-order chi connectivity index (χ1) is 9.80. The highest BCUT2D eigenvalue weighted by molar-refractivity contribution is 7.26. The smallest absolute Gasteiger partial charge is 0.0522 e. The molecule has 0 fully saturated rings. The van der Waals surface area contributed by atoms with Crippen molar-refractivity contribution in [2.24, 2.45) is 0 Å². The first-order valence-corrected chi connectivity index (χ1v) is 8.71. The lowest BCUT2D eigenvalue weighted by Crippen LogP contribution is -2.21. The molecule has 0 radical (unpaired) electrons. The van der Waals surface area contributed by atoms with Gasteiger partial charge in [0, 0.05) is 33.1 Å². The van der Waals surface area contributed by atoms with Crippen LogP contribution in [0.3, 0.4) is 0 Å². The Bertz CT molecular complexity index is 651. The largest absolute Gasteiger partial charge is 0.309 e. The number of aromatic nitrogens is 2. The van der Waals surface area contributed by atoms with Crippen LogP contribution >= 0.6 is 22.7 Å². The summed E-state index contributed by atoms with van der Waals surface area (Å²) in [6.45, 7) is 6.20. The molecule has 0 saturated heterocycles. The van der Waals surface area contributed by atoms with Gasteiger partial charge in [-0.3, -0.25) is 4.68 Å². The maximum Gasteiger partial charge on any atom is 0.0522 e. The van der Waals surface area contributed by atoms with Gasteiger partial charge in [0.05, 0.1) is 6.20 Å². The van der Waals surface area contributed by atoms with E-state index in [1.54, 1.807) is 0 Å². The van der Waals surface area contributed by atoms with Gasteiger partial charge in [-0.05, 0) is 43.0 Å². The molecule has 0 aliphatic heterocycles. The Morgan fingerprint density at radius 2 is 2.25 bits per heavy atom. The summed E-state index contributed by atoms with van der Waals surface area (Å²) in [5, 5.41) is 10.1. The predicted octanol–water partition coefficient (Wildman–Crippen LogP) is 4.07. The van der Waals surface area contributed by atoms with E-state index in [1.807, 2.05) is 33.6 Å². The molecule has 1 unspecified atom stereocenters. The Kier molecular flexibility index (Phi) is 4.19. The van der Waals surface area contributed by atoms with E-state index in [1.165, 1.54) is 19.8 Å². The fourth-order valence-corrected chi connectivity index (χ4v) is 4.59. The van der Waals surface area contributed by atoms with Crippen molar-refractivity contribution < 1.29 is 0 Å². The van der Waals surface area contributed by atoms with Crippen molar-refractivity contribution in [2.45, 2.75) is 32.9 Å². The van der Waals surface area contributed by atoms with E-state index >= 15 is 0 Å². The molecule has 1 atom stereocenters. The lowest BCUT2D eigenvalue weighted by Gasteiger charge is -2.15. The summed E-state index contributed by atoms with van der Waals surface area (Å²) in [6, 6.07) is 4.94. The van der Waals surface area contributed by atoms with Crippen molar-refractivity contribution in [1.29, 1.82) is 0 Å². The van der Waals surface area contributed by atoms with Crippen molar-refractivity contribution in [3.05, 3.63) is 40.3 Å². The summed E-state index contributed by atoms with van der Waals surface area (Å²) < 4.78 is 4.79. The third-order valence-electron chi connectivity index (χ3n) is 3.40. The van der Waals surface area contributed by atoms with E-state index in [4.69, 9.17) is 0 Å². The molecule has 106 valence electrons. The lowest BCUT2D eigenvalue weighted by molar-refractivity contribution is 0.558. The van der Waals surface area contributed by atoms with Gasteiger partial charge >= 0.3 is 0 Å². The highest BCUT2D eigenvalue weighted by atomic mass is 32.1. The molecule has 5 heteroatoms. The van der Waals surface area contributed by atoms with Gasteiger partial charge in [-0.1, -0.05) is 6.92 Å². The van der Waals surface area contributed by atoms with Crippen LogP contribution in [0.5, 0.6) is 0 Å². The van der Waals surface area contributed by atoms with Crippen molar-refractivity contribution in [3.8, 4) is 0 Å². The summed E-state index contributed by atoms with van der Waals surface area (Å²) in [7, 11) is 0. The molecule has 3 rings (SSSR count). The van der Waals surface area contributed by atoms with Gasteiger partial charge in [0.15, 0.2) is 0 Å². The average Bonchev–Trinajstić information content (AvgIpc) is 3.13.